The van der Waals surface area contributed by atoms with Crippen molar-refractivity contribution in [2.75, 3.05) is 12.4 Å². The largest absolute Gasteiger partial charge is 0.492 e. The van der Waals surface area contributed by atoms with E-state index in [4.69, 9.17) is 9.88 Å². The van der Waals surface area contributed by atoms with Gasteiger partial charge in [-0.05, 0) is 29.8 Å². The quantitative estimate of drug-likeness (QED) is 0.714. The molecule has 2 aromatic carbocycles. The first kappa shape index (κ1) is 18.4. The van der Waals surface area contributed by atoms with Crippen LogP contribution in [-0.2, 0) is 26.6 Å². The molecule has 9 heteroatoms. The average molecular weight is 370 g/mol. The summed E-state index contributed by atoms with van der Waals surface area (Å²) in [6.45, 7) is 0.0856. The fraction of sp³-hybridized carbons (Fsp3) is 0.200. The summed E-state index contributed by atoms with van der Waals surface area (Å²) in [6, 6.07) is 14.6. The third-order valence-electron chi connectivity index (χ3n) is 3.11. The van der Waals surface area contributed by atoms with Crippen molar-refractivity contribution in [3.05, 3.63) is 60.2 Å². The van der Waals surface area contributed by atoms with E-state index in [-0.39, 0.29) is 23.8 Å². The minimum atomic E-state index is -3.76. The number of ether oxygens (including phenoxy) is 1. The van der Waals surface area contributed by atoms with E-state index in [1.807, 2.05) is 6.07 Å². The smallest absolute Gasteiger partial charge is 0.238 e. The van der Waals surface area contributed by atoms with Crippen LogP contribution in [0.4, 0.5) is 0 Å². The Morgan fingerprint density at radius 1 is 0.917 bits per heavy atom. The maximum Gasteiger partial charge on any atom is 0.238 e. The Morgan fingerprint density at radius 3 is 2.12 bits per heavy atom. The van der Waals surface area contributed by atoms with Crippen molar-refractivity contribution >= 4 is 20.0 Å². The standard InChI is InChI=1S/C15H18N2O5S2/c16-24(20,21)15-8-6-13(7-9-15)12-17-23(18,19)11-10-22-14-4-2-1-3-5-14/h1-9,17H,10-12H2,(H2,16,20,21). The van der Waals surface area contributed by atoms with Crippen LogP contribution in [0.1, 0.15) is 5.56 Å². The summed E-state index contributed by atoms with van der Waals surface area (Å²) in [6.07, 6.45) is 0. The van der Waals surface area contributed by atoms with E-state index in [0.717, 1.165) is 0 Å². The molecule has 2 aromatic rings. The highest BCUT2D eigenvalue weighted by atomic mass is 32.2. The zero-order valence-electron chi connectivity index (χ0n) is 12.8. The monoisotopic (exact) mass is 370 g/mol. The lowest BCUT2D eigenvalue weighted by atomic mass is 10.2. The van der Waals surface area contributed by atoms with Crippen LogP contribution in [0.2, 0.25) is 0 Å². The number of hydrogen-bond acceptors (Lipinski definition) is 5. The molecular formula is C15H18N2O5S2. The van der Waals surface area contributed by atoms with Crippen molar-refractivity contribution in [1.29, 1.82) is 0 Å². The average Bonchev–Trinajstić information content (AvgIpc) is 2.53. The zero-order valence-corrected chi connectivity index (χ0v) is 14.4. The van der Waals surface area contributed by atoms with E-state index >= 15 is 0 Å². The topological polar surface area (TPSA) is 116 Å². The highest BCUT2D eigenvalue weighted by molar-refractivity contribution is 7.89. The van der Waals surface area contributed by atoms with E-state index in [9.17, 15) is 16.8 Å². The number of para-hydroxylation sites is 1. The molecule has 0 bridgehead atoms. The van der Waals surface area contributed by atoms with Gasteiger partial charge in [-0.3, -0.25) is 0 Å². The molecule has 0 amide bonds. The summed E-state index contributed by atoms with van der Waals surface area (Å²) in [5.74, 6) is 0.420. The van der Waals surface area contributed by atoms with Gasteiger partial charge in [0.05, 0.1) is 10.6 Å². The molecule has 0 heterocycles. The van der Waals surface area contributed by atoms with Crippen LogP contribution >= 0.6 is 0 Å². The molecular weight excluding hydrogens is 352 g/mol. The van der Waals surface area contributed by atoms with Crippen LogP contribution < -0.4 is 14.6 Å². The summed E-state index contributed by atoms with van der Waals surface area (Å²) in [7, 11) is -7.26. The second kappa shape index (κ2) is 7.75. The fourth-order valence-electron chi connectivity index (χ4n) is 1.85. The van der Waals surface area contributed by atoms with Gasteiger partial charge in [-0.15, -0.1) is 0 Å². The van der Waals surface area contributed by atoms with Gasteiger partial charge in [0.1, 0.15) is 12.4 Å². The molecule has 0 aliphatic carbocycles. The number of rotatable bonds is 8. The first-order valence-electron chi connectivity index (χ1n) is 7.03. The summed E-state index contributed by atoms with van der Waals surface area (Å²) >= 11 is 0. The van der Waals surface area contributed by atoms with Gasteiger partial charge in [-0.25, -0.2) is 26.7 Å². The zero-order chi connectivity index (χ0) is 17.6. The molecule has 24 heavy (non-hydrogen) atoms. The Hall–Kier alpha value is -1.94. The molecule has 0 saturated heterocycles. The van der Waals surface area contributed by atoms with Crippen LogP contribution in [0.3, 0.4) is 0 Å². The van der Waals surface area contributed by atoms with Gasteiger partial charge < -0.3 is 4.74 Å². The van der Waals surface area contributed by atoms with E-state index in [1.54, 1.807) is 24.3 Å². The van der Waals surface area contributed by atoms with Crippen LogP contribution in [-0.4, -0.2) is 29.2 Å². The van der Waals surface area contributed by atoms with E-state index in [1.165, 1.54) is 24.3 Å². The van der Waals surface area contributed by atoms with Crippen molar-refractivity contribution in [1.82, 2.24) is 4.72 Å². The Labute approximate surface area is 141 Å². The highest BCUT2D eigenvalue weighted by Crippen LogP contribution is 2.10. The molecule has 3 N–H and O–H groups in total. The van der Waals surface area contributed by atoms with Crippen LogP contribution in [0, 0.1) is 0 Å². The number of hydrogen-bond donors (Lipinski definition) is 2. The number of sulfonamides is 2. The number of benzene rings is 2. The number of nitrogens with one attached hydrogen (secondary N) is 1. The lowest BCUT2D eigenvalue weighted by molar-refractivity contribution is 0.340. The Balaban J connectivity index is 1.84. The van der Waals surface area contributed by atoms with Crippen molar-refractivity contribution in [3.8, 4) is 5.75 Å². The molecule has 130 valence electrons. The molecule has 0 fully saturated rings. The molecule has 0 spiro atoms. The number of primary sulfonamides is 1. The summed E-state index contributed by atoms with van der Waals surface area (Å²) in [4.78, 5) is -0.0228. The van der Waals surface area contributed by atoms with Gasteiger partial charge in [0.2, 0.25) is 20.0 Å². The summed E-state index contributed by atoms with van der Waals surface area (Å²) in [5, 5.41) is 5.00. The molecule has 7 nitrogen and oxygen atoms in total. The predicted octanol–water partition coefficient (Wildman–Crippen LogP) is 0.832. The number of nitrogens with two attached hydrogens (primary N) is 1. The molecule has 0 atom stereocenters. The first-order valence-corrected chi connectivity index (χ1v) is 10.2. The van der Waals surface area contributed by atoms with Gasteiger partial charge in [0.25, 0.3) is 0 Å². The second-order valence-electron chi connectivity index (χ2n) is 4.99. The van der Waals surface area contributed by atoms with Crippen LogP contribution in [0.15, 0.2) is 59.5 Å². The van der Waals surface area contributed by atoms with E-state index < -0.39 is 20.0 Å². The minimum Gasteiger partial charge on any atom is -0.492 e. The molecule has 0 aliphatic heterocycles. The molecule has 0 unspecified atom stereocenters. The normalized spacial score (nSPS) is 12.0. The fourth-order valence-corrected chi connectivity index (χ4v) is 3.20. The maximum atomic E-state index is 11.9. The van der Waals surface area contributed by atoms with Crippen molar-refractivity contribution in [2.45, 2.75) is 11.4 Å². The Kier molecular flexibility index (Phi) is 5.94. The third-order valence-corrected chi connectivity index (χ3v) is 5.33. The van der Waals surface area contributed by atoms with Crippen molar-refractivity contribution in [3.63, 3.8) is 0 Å². The third kappa shape index (κ3) is 5.93. The molecule has 2 rings (SSSR count). The van der Waals surface area contributed by atoms with Gasteiger partial charge in [0, 0.05) is 6.54 Å². The van der Waals surface area contributed by atoms with E-state index in [2.05, 4.69) is 4.72 Å². The summed E-state index contributed by atoms with van der Waals surface area (Å²) in [5.41, 5.74) is 0.620. The van der Waals surface area contributed by atoms with Gasteiger partial charge in [-0.1, -0.05) is 30.3 Å². The molecule has 0 aliphatic rings. The minimum absolute atomic E-state index is 0.0228. The maximum absolute atomic E-state index is 11.9. The Morgan fingerprint density at radius 2 is 1.54 bits per heavy atom. The van der Waals surface area contributed by atoms with Gasteiger partial charge in [0.15, 0.2) is 0 Å². The van der Waals surface area contributed by atoms with Crippen molar-refractivity contribution in [2.24, 2.45) is 5.14 Å². The molecule has 0 aromatic heterocycles. The van der Waals surface area contributed by atoms with E-state index in [0.29, 0.717) is 11.3 Å². The van der Waals surface area contributed by atoms with Gasteiger partial charge in [-0.2, -0.15) is 0 Å². The second-order valence-corrected chi connectivity index (χ2v) is 8.48. The Bertz CT molecular complexity index is 864. The van der Waals surface area contributed by atoms with Crippen LogP contribution in [0.25, 0.3) is 0 Å². The first-order chi connectivity index (χ1) is 11.3. The predicted molar refractivity (Wildman–Crippen MR) is 90.4 cm³/mol. The highest BCUT2D eigenvalue weighted by Gasteiger charge is 2.11. The molecule has 0 radical (unpaired) electrons. The molecule has 0 saturated carbocycles. The summed E-state index contributed by atoms with van der Waals surface area (Å²) < 4.78 is 53.9. The SMILES string of the molecule is NS(=O)(=O)c1ccc(CNS(=O)(=O)CCOc2ccccc2)cc1. The lowest BCUT2D eigenvalue weighted by Gasteiger charge is -2.09. The lowest BCUT2D eigenvalue weighted by Crippen LogP contribution is -2.28. The van der Waals surface area contributed by atoms with Crippen molar-refractivity contribution < 1.29 is 21.6 Å². The van der Waals surface area contributed by atoms with Gasteiger partial charge >= 0.3 is 0 Å². The van der Waals surface area contributed by atoms with Crippen LogP contribution in [0.5, 0.6) is 5.75 Å².